The molecule has 3 heterocycles. The summed E-state index contributed by atoms with van der Waals surface area (Å²) in [6, 6.07) is 9.48. The third-order valence-electron chi connectivity index (χ3n) is 4.69. The number of carboxylic acids is 1. The molecule has 7 nitrogen and oxygen atoms in total. The molecule has 4 rings (SSSR count). The van der Waals surface area contributed by atoms with E-state index in [0.717, 1.165) is 0 Å². The molecule has 1 N–H and O–H groups in total. The molecule has 1 aromatic carbocycles. The minimum Gasteiger partial charge on any atom is -0.481 e. The second-order valence-electron chi connectivity index (χ2n) is 6.40. The third kappa shape index (κ3) is 3.51. The number of rotatable bonds is 4. The lowest BCUT2D eigenvalue weighted by atomic mass is 9.97. The van der Waals surface area contributed by atoms with Crippen molar-refractivity contribution in [2.75, 3.05) is 18.0 Å². The zero-order valence-corrected chi connectivity index (χ0v) is 14.4. The van der Waals surface area contributed by atoms with E-state index in [1.807, 2.05) is 11.0 Å². The molecule has 3 aromatic rings. The monoisotopic (exact) mass is 368 g/mol. The van der Waals surface area contributed by atoms with Crippen LogP contribution in [-0.2, 0) is 4.79 Å². The van der Waals surface area contributed by atoms with E-state index in [1.165, 1.54) is 12.1 Å². The summed E-state index contributed by atoms with van der Waals surface area (Å²) in [4.78, 5) is 22.1. The minimum absolute atomic E-state index is 0.317. The molecule has 0 bridgehead atoms. The molecule has 0 unspecified atom stereocenters. The molecule has 138 valence electrons. The molecule has 1 aliphatic rings. The Labute approximate surface area is 154 Å². The molecule has 0 radical (unpaired) electrons. The molecule has 1 fully saturated rings. The number of anilines is 1. The lowest BCUT2D eigenvalue weighted by Crippen LogP contribution is -2.37. The smallest absolute Gasteiger partial charge is 0.306 e. The predicted molar refractivity (Wildman–Crippen MR) is 95.5 cm³/mol. The molecule has 27 heavy (non-hydrogen) atoms. The summed E-state index contributed by atoms with van der Waals surface area (Å²) in [5.74, 6) is -0.0294. The second kappa shape index (κ2) is 7.14. The normalized spacial score (nSPS) is 15.1. The highest BCUT2D eigenvalue weighted by Crippen LogP contribution is 2.31. The van der Waals surface area contributed by atoms with Gasteiger partial charge in [0.1, 0.15) is 11.6 Å². The fourth-order valence-corrected chi connectivity index (χ4v) is 3.20. The van der Waals surface area contributed by atoms with Crippen LogP contribution in [0.25, 0.3) is 22.8 Å². The van der Waals surface area contributed by atoms with Gasteiger partial charge in [-0.15, -0.1) is 0 Å². The van der Waals surface area contributed by atoms with Crippen LogP contribution in [-0.4, -0.2) is 39.3 Å². The number of aromatic nitrogens is 3. The van der Waals surface area contributed by atoms with Gasteiger partial charge < -0.3 is 14.5 Å². The molecule has 0 spiro atoms. The van der Waals surface area contributed by atoms with Crippen molar-refractivity contribution < 1.29 is 18.8 Å². The molecular formula is C19H17FN4O3. The highest BCUT2D eigenvalue weighted by molar-refractivity contribution is 5.73. The summed E-state index contributed by atoms with van der Waals surface area (Å²) in [5, 5.41) is 13.1. The highest BCUT2D eigenvalue weighted by Gasteiger charge is 2.27. The lowest BCUT2D eigenvalue weighted by molar-refractivity contribution is -0.142. The second-order valence-corrected chi connectivity index (χ2v) is 6.40. The quantitative estimate of drug-likeness (QED) is 0.756. The summed E-state index contributed by atoms with van der Waals surface area (Å²) in [5.41, 5.74) is 1.34. The van der Waals surface area contributed by atoms with E-state index in [1.54, 1.807) is 24.4 Å². The van der Waals surface area contributed by atoms with Gasteiger partial charge in [0.15, 0.2) is 0 Å². The average Bonchev–Trinajstić information content (AvgIpc) is 3.19. The number of benzene rings is 1. The fourth-order valence-electron chi connectivity index (χ4n) is 3.20. The van der Waals surface area contributed by atoms with Crippen LogP contribution in [0.3, 0.4) is 0 Å². The van der Waals surface area contributed by atoms with Crippen LogP contribution >= 0.6 is 0 Å². The van der Waals surface area contributed by atoms with Gasteiger partial charge in [0, 0.05) is 24.8 Å². The van der Waals surface area contributed by atoms with Crippen molar-refractivity contribution in [3.63, 3.8) is 0 Å². The number of aliphatic carboxylic acids is 1. The van der Waals surface area contributed by atoms with E-state index >= 15 is 0 Å². The Kier molecular flexibility index (Phi) is 4.53. The number of hydrogen-bond donors (Lipinski definition) is 1. The van der Waals surface area contributed by atoms with E-state index in [-0.39, 0.29) is 11.7 Å². The lowest BCUT2D eigenvalue weighted by Gasteiger charge is -2.31. The number of pyridine rings is 1. The van der Waals surface area contributed by atoms with Gasteiger partial charge in [0.25, 0.3) is 5.89 Å². The summed E-state index contributed by atoms with van der Waals surface area (Å²) in [7, 11) is 0. The van der Waals surface area contributed by atoms with Crippen molar-refractivity contribution in [3.05, 3.63) is 48.4 Å². The zero-order valence-electron chi connectivity index (χ0n) is 14.4. The first kappa shape index (κ1) is 17.1. The number of carboxylic acid groups (broad SMARTS) is 1. The largest absolute Gasteiger partial charge is 0.481 e. The van der Waals surface area contributed by atoms with E-state index < -0.39 is 5.97 Å². The van der Waals surface area contributed by atoms with E-state index in [9.17, 15) is 9.18 Å². The maximum absolute atomic E-state index is 13.1. The Hall–Kier alpha value is -3.29. The molecule has 2 aromatic heterocycles. The molecule has 0 atom stereocenters. The Morgan fingerprint density at radius 1 is 1.19 bits per heavy atom. The van der Waals surface area contributed by atoms with Gasteiger partial charge in [-0.05, 0) is 49.2 Å². The predicted octanol–water partition coefficient (Wildman–Crippen LogP) is 3.24. The first-order valence-electron chi connectivity index (χ1n) is 8.64. The van der Waals surface area contributed by atoms with E-state index in [2.05, 4.69) is 15.1 Å². The van der Waals surface area contributed by atoms with Crippen molar-refractivity contribution in [2.24, 2.45) is 5.92 Å². The Balaban J connectivity index is 1.60. The van der Waals surface area contributed by atoms with Crippen LogP contribution in [0, 0.1) is 11.7 Å². The van der Waals surface area contributed by atoms with Crippen LogP contribution in [0.15, 0.2) is 47.1 Å². The number of piperidine rings is 1. The maximum Gasteiger partial charge on any atom is 0.306 e. The SMILES string of the molecule is O=C(O)C1CCN(c2ncccc2-c2nc(-c3ccc(F)cc3)no2)CC1. The van der Waals surface area contributed by atoms with Gasteiger partial charge in [-0.2, -0.15) is 4.98 Å². The standard InChI is InChI=1S/C19H17FN4O3/c20-14-5-3-12(4-6-14)16-22-18(27-23-16)15-2-1-9-21-17(15)24-10-7-13(8-11-24)19(25)26/h1-6,9,13H,7-8,10-11H2,(H,25,26). The first-order chi connectivity index (χ1) is 13.1. The van der Waals surface area contributed by atoms with Gasteiger partial charge in [-0.1, -0.05) is 5.16 Å². The van der Waals surface area contributed by atoms with Crippen LogP contribution in [0.5, 0.6) is 0 Å². The van der Waals surface area contributed by atoms with Crippen molar-refractivity contribution in [2.45, 2.75) is 12.8 Å². The molecule has 8 heteroatoms. The van der Waals surface area contributed by atoms with Crippen molar-refractivity contribution in [1.29, 1.82) is 0 Å². The van der Waals surface area contributed by atoms with Gasteiger partial charge in [0.2, 0.25) is 5.82 Å². The van der Waals surface area contributed by atoms with Gasteiger partial charge in [-0.25, -0.2) is 9.37 Å². The summed E-state index contributed by atoms with van der Waals surface area (Å²) < 4.78 is 18.5. The van der Waals surface area contributed by atoms with Crippen LogP contribution in [0.2, 0.25) is 0 Å². The highest BCUT2D eigenvalue weighted by atomic mass is 19.1. The third-order valence-corrected chi connectivity index (χ3v) is 4.69. The number of nitrogens with zero attached hydrogens (tertiary/aromatic N) is 4. The Bertz CT molecular complexity index is 950. The molecular weight excluding hydrogens is 351 g/mol. The average molecular weight is 368 g/mol. The minimum atomic E-state index is -0.753. The maximum atomic E-state index is 13.1. The Morgan fingerprint density at radius 3 is 2.63 bits per heavy atom. The van der Waals surface area contributed by atoms with E-state index in [4.69, 9.17) is 9.63 Å². The van der Waals surface area contributed by atoms with Crippen LogP contribution in [0.4, 0.5) is 10.2 Å². The molecule has 0 amide bonds. The van der Waals surface area contributed by atoms with Crippen molar-refractivity contribution in [3.8, 4) is 22.8 Å². The van der Waals surface area contributed by atoms with Crippen molar-refractivity contribution in [1.82, 2.24) is 15.1 Å². The summed E-state index contributed by atoms with van der Waals surface area (Å²) >= 11 is 0. The fraction of sp³-hybridized carbons (Fsp3) is 0.263. The van der Waals surface area contributed by atoms with Gasteiger partial charge in [-0.3, -0.25) is 4.79 Å². The zero-order chi connectivity index (χ0) is 18.8. The van der Waals surface area contributed by atoms with Crippen LogP contribution < -0.4 is 4.90 Å². The van der Waals surface area contributed by atoms with Crippen molar-refractivity contribution >= 4 is 11.8 Å². The summed E-state index contributed by atoms with van der Waals surface area (Å²) in [6.45, 7) is 1.19. The summed E-state index contributed by atoms with van der Waals surface area (Å²) in [6.07, 6.45) is 2.81. The van der Waals surface area contributed by atoms with Gasteiger partial charge in [0.05, 0.1) is 11.5 Å². The molecule has 1 aliphatic heterocycles. The van der Waals surface area contributed by atoms with Gasteiger partial charge >= 0.3 is 5.97 Å². The number of halogens is 1. The topological polar surface area (TPSA) is 92.3 Å². The van der Waals surface area contributed by atoms with E-state index in [0.29, 0.717) is 54.6 Å². The molecule has 1 saturated heterocycles. The number of hydrogen-bond acceptors (Lipinski definition) is 6. The Morgan fingerprint density at radius 2 is 1.93 bits per heavy atom. The molecule has 0 saturated carbocycles. The van der Waals surface area contributed by atoms with Crippen LogP contribution in [0.1, 0.15) is 12.8 Å². The number of carbonyl (C=O) groups is 1. The molecule has 0 aliphatic carbocycles. The first-order valence-corrected chi connectivity index (χ1v) is 8.64.